The third kappa shape index (κ3) is 3.62. The van der Waals surface area contributed by atoms with Crippen molar-refractivity contribution in [2.24, 2.45) is 5.41 Å². The fraction of sp³-hybridized carbons (Fsp3) is 0.474. The fourth-order valence-corrected chi connectivity index (χ4v) is 3.06. The molecule has 23 heavy (non-hydrogen) atoms. The summed E-state index contributed by atoms with van der Waals surface area (Å²) >= 11 is 0. The van der Waals surface area contributed by atoms with E-state index in [1.807, 2.05) is 24.3 Å². The number of hydrogen-bond acceptors (Lipinski definition) is 3. The lowest BCUT2D eigenvalue weighted by Gasteiger charge is -2.30. The Hall–Kier alpha value is -2.12. The molecule has 2 aliphatic rings. The molecule has 0 spiro atoms. The second kappa shape index (κ2) is 6.17. The Morgan fingerprint density at radius 1 is 1.30 bits per heavy atom. The lowest BCUT2D eigenvalue weighted by molar-refractivity contribution is -0.117. The molecule has 2 fully saturated rings. The lowest BCUT2D eigenvalue weighted by atomic mass is 9.82. The van der Waals surface area contributed by atoms with Crippen LogP contribution in [0.4, 0.5) is 0 Å². The molecule has 0 atom stereocenters. The van der Waals surface area contributed by atoms with Gasteiger partial charge in [-0.25, -0.2) is 0 Å². The van der Waals surface area contributed by atoms with Gasteiger partial charge in [-0.1, -0.05) is 25.1 Å². The van der Waals surface area contributed by atoms with E-state index in [-0.39, 0.29) is 16.9 Å². The summed E-state index contributed by atoms with van der Waals surface area (Å²) in [5, 5.41) is 12.2. The van der Waals surface area contributed by atoms with Crippen LogP contribution in [0.3, 0.4) is 0 Å². The second-order valence-corrected chi connectivity index (χ2v) is 6.86. The van der Waals surface area contributed by atoms with Crippen LogP contribution in [-0.2, 0) is 15.1 Å². The van der Waals surface area contributed by atoms with Crippen molar-refractivity contribution >= 4 is 5.91 Å². The van der Waals surface area contributed by atoms with E-state index in [1.54, 1.807) is 12.1 Å². The highest BCUT2D eigenvalue weighted by Gasteiger charge is 2.45. The van der Waals surface area contributed by atoms with Gasteiger partial charge < -0.3 is 10.1 Å². The molecule has 1 aliphatic carbocycles. The standard InChI is InChI=1S/C19H22N2O2/c1-18(9-11-23-12-10-18)6-5-17(22)21-19(7-8-19)16-4-2-3-15(13-16)14-20/h2-6,13H,7-12H2,1H3,(H,21,22)/b6-5+. The van der Waals surface area contributed by atoms with Crippen LogP contribution in [0.15, 0.2) is 36.4 Å². The molecular formula is C19H22N2O2. The summed E-state index contributed by atoms with van der Waals surface area (Å²) in [5.74, 6) is -0.0578. The Morgan fingerprint density at radius 2 is 2.04 bits per heavy atom. The van der Waals surface area contributed by atoms with Gasteiger partial charge in [-0.3, -0.25) is 4.79 Å². The van der Waals surface area contributed by atoms with Crippen LogP contribution in [0.1, 0.15) is 43.7 Å². The van der Waals surface area contributed by atoms with Crippen molar-refractivity contribution in [3.63, 3.8) is 0 Å². The van der Waals surface area contributed by atoms with Gasteiger partial charge in [0.25, 0.3) is 0 Å². The first-order chi connectivity index (χ1) is 11.1. The minimum absolute atomic E-state index is 0.0486. The quantitative estimate of drug-likeness (QED) is 0.870. The van der Waals surface area contributed by atoms with Crippen LogP contribution in [-0.4, -0.2) is 19.1 Å². The number of rotatable bonds is 4. The molecule has 120 valence electrons. The zero-order chi connectivity index (χ0) is 16.3. The summed E-state index contributed by atoms with van der Waals surface area (Å²) in [5.41, 5.74) is 1.42. The summed E-state index contributed by atoms with van der Waals surface area (Å²) in [6, 6.07) is 9.67. The molecule has 1 aromatic rings. The molecule has 0 radical (unpaired) electrons. The SMILES string of the molecule is CC1(/C=C/C(=O)NC2(c3cccc(C#N)c3)CC2)CCOCC1. The van der Waals surface area contributed by atoms with Crippen LogP contribution in [0.2, 0.25) is 0 Å². The molecule has 1 heterocycles. The van der Waals surface area contributed by atoms with E-state index in [4.69, 9.17) is 10.00 Å². The van der Waals surface area contributed by atoms with Crippen molar-refractivity contribution in [2.45, 2.75) is 38.1 Å². The maximum absolute atomic E-state index is 12.3. The number of nitrogens with one attached hydrogen (secondary N) is 1. The molecule has 4 heteroatoms. The Morgan fingerprint density at radius 3 is 2.70 bits per heavy atom. The average Bonchev–Trinajstić information content (AvgIpc) is 3.35. The van der Waals surface area contributed by atoms with Crippen molar-refractivity contribution in [1.82, 2.24) is 5.32 Å². The normalized spacial score (nSPS) is 21.6. The van der Waals surface area contributed by atoms with Crippen molar-refractivity contribution in [3.8, 4) is 6.07 Å². The summed E-state index contributed by atoms with van der Waals surface area (Å²) in [4.78, 5) is 12.3. The monoisotopic (exact) mass is 310 g/mol. The Bertz CT molecular complexity index is 662. The van der Waals surface area contributed by atoms with Crippen molar-refractivity contribution in [3.05, 3.63) is 47.5 Å². The van der Waals surface area contributed by atoms with E-state index in [0.717, 1.165) is 44.5 Å². The van der Waals surface area contributed by atoms with Crippen LogP contribution in [0.25, 0.3) is 0 Å². The second-order valence-electron chi connectivity index (χ2n) is 6.86. The molecule has 0 unspecified atom stereocenters. The van der Waals surface area contributed by atoms with Gasteiger partial charge >= 0.3 is 0 Å². The molecule has 1 amide bonds. The minimum atomic E-state index is -0.287. The average molecular weight is 310 g/mol. The molecule has 0 bridgehead atoms. The fourth-order valence-electron chi connectivity index (χ4n) is 3.06. The van der Waals surface area contributed by atoms with E-state index in [1.165, 1.54) is 0 Å². The van der Waals surface area contributed by atoms with Crippen LogP contribution < -0.4 is 5.32 Å². The largest absolute Gasteiger partial charge is 0.381 e. The van der Waals surface area contributed by atoms with E-state index >= 15 is 0 Å². The summed E-state index contributed by atoms with van der Waals surface area (Å²) in [6.07, 6.45) is 7.43. The first-order valence-electron chi connectivity index (χ1n) is 8.15. The highest BCUT2D eigenvalue weighted by Crippen LogP contribution is 2.45. The summed E-state index contributed by atoms with van der Waals surface area (Å²) in [6.45, 7) is 3.68. The number of nitriles is 1. The van der Waals surface area contributed by atoms with E-state index in [0.29, 0.717) is 5.56 Å². The van der Waals surface area contributed by atoms with Gasteiger partial charge in [-0.2, -0.15) is 5.26 Å². The number of benzene rings is 1. The summed E-state index contributed by atoms with van der Waals surface area (Å²) < 4.78 is 5.38. The van der Waals surface area contributed by atoms with Gasteiger partial charge in [-0.05, 0) is 54.9 Å². The topological polar surface area (TPSA) is 62.1 Å². The predicted octanol–water partition coefficient (Wildman–Crippen LogP) is 3.04. The Labute approximate surface area is 137 Å². The maximum atomic E-state index is 12.3. The van der Waals surface area contributed by atoms with Crippen LogP contribution in [0, 0.1) is 16.7 Å². The molecule has 1 aliphatic heterocycles. The third-order valence-electron chi connectivity index (χ3n) is 4.93. The van der Waals surface area contributed by atoms with Crippen molar-refractivity contribution < 1.29 is 9.53 Å². The molecule has 1 aromatic carbocycles. The maximum Gasteiger partial charge on any atom is 0.244 e. The van der Waals surface area contributed by atoms with E-state index in [9.17, 15) is 4.79 Å². The summed E-state index contributed by atoms with van der Waals surface area (Å²) in [7, 11) is 0. The van der Waals surface area contributed by atoms with Crippen LogP contribution >= 0.6 is 0 Å². The zero-order valence-electron chi connectivity index (χ0n) is 13.5. The van der Waals surface area contributed by atoms with Crippen molar-refractivity contribution in [1.29, 1.82) is 5.26 Å². The van der Waals surface area contributed by atoms with Gasteiger partial charge in [0, 0.05) is 13.2 Å². The van der Waals surface area contributed by atoms with Gasteiger partial charge in [0.05, 0.1) is 17.2 Å². The molecule has 3 rings (SSSR count). The zero-order valence-corrected chi connectivity index (χ0v) is 13.5. The van der Waals surface area contributed by atoms with Crippen molar-refractivity contribution in [2.75, 3.05) is 13.2 Å². The number of amides is 1. The molecule has 1 N–H and O–H groups in total. The number of hydrogen-bond donors (Lipinski definition) is 1. The molecule has 1 saturated carbocycles. The predicted molar refractivity (Wildman–Crippen MR) is 87.5 cm³/mol. The first-order valence-corrected chi connectivity index (χ1v) is 8.15. The van der Waals surface area contributed by atoms with E-state index in [2.05, 4.69) is 18.3 Å². The van der Waals surface area contributed by atoms with Gasteiger partial charge in [0.15, 0.2) is 0 Å². The van der Waals surface area contributed by atoms with Crippen LogP contribution in [0.5, 0.6) is 0 Å². The number of nitrogens with zero attached hydrogens (tertiary/aromatic N) is 1. The molecule has 4 nitrogen and oxygen atoms in total. The molecular weight excluding hydrogens is 288 g/mol. The van der Waals surface area contributed by atoms with Gasteiger partial charge in [0.2, 0.25) is 5.91 Å². The number of allylic oxidation sites excluding steroid dienone is 1. The number of carbonyl (C=O) groups excluding carboxylic acids is 1. The highest BCUT2D eigenvalue weighted by atomic mass is 16.5. The number of ether oxygens (including phenoxy) is 1. The molecule has 1 saturated heterocycles. The highest BCUT2D eigenvalue weighted by molar-refractivity contribution is 5.88. The van der Waals surface area contributed by atoms with E-state index < -0.39 is 0 Å². The number of carbonyl (C=O) groups is 1. The lowest BCUT2D eigenvalue weighted by Crippen LogP contribution is -2.34. The first kappa shape index (κ1) is 15.8. The Kier molecular flexibility index (Phi) is 4.23. The minimum Gasteiger partial charge on any atom is -0.381 e. The Balaban J connectivity index is 1.66. The van der Waals surface area contributed by atoms with Gasteiger partial charge in [-0.15, -0.1) is 0 Å². The third-order valence-corrected chi connectivity index (χ3v) is 4.93. The smallest absolute Gasteiger partial charge is 0.244 e. The molecule has 0 aromatic heterocycles. The van der Waals surface area contributed by atoms with Gasteiger partial charge in [0.1, 0.15) is 0 Å².